The molecule has 0 saturated carbocycles. The average molecular weight is 632 g/mol. The zero-order chi connectivity index (χ0) is 32.3. The van der Waals surface area contributed by atoms with Crippen molar-refractivity contribution in [1.29, 1.82) is 0 Å². The molecule has 1 atom stereocenters. The largest absolute Gasteiger partial charge is 0.497 e. The van der Waals surface area contributed by atoms with Gasteiger partial charge in [-0.2, -0.15) is 0 Å². The number of H-pyrrole nitrogens is 1. The minimum atomic E-state index is -0.651. The number of rotatable bonds is 8. The number of fused-ring (bicyclic) bond motifs is 1. The minimum absolute atomic E-state index is 0.0271. The average Bonchev–Trinajstić information content (AvgIpc) is 3.49. The first-order valence-electron chi connectivity index (χ1n) is 15.3. The van der Waals surface area contributed by atoms with E-state index in [1.165, 1.54) is 0 Å². The molecule has 0 bridgehead atoms. The van der Waals surface area contributed by atoms with Gasteiger partial charge in [0.25, 0.3) is 0 Å². The third kappa shape index (κ3) is 7.36. The van der Waals surface area contributed by atoms with E-state index in [0.717, 1.165) is 39.2 Å². The quantitative estimate of drug-likeness (QED) is 0.226. The number of ether oxygens (including phenoxy) is 2. The van der Waals surface area contributed by atoms with Gasteiger partial charge in [0.1, 0.15) is 17.0 Å². The Hall–Kier alpha value is -4.24. The van der Waals surface area contributed by atoms with Crippen LogP contribution in [0.15, 0.2) is 67.0 Å². The number of nitrogens with zero attached hydrogens (tertiary/aromatic N) is 4. The molecule has 1 fully saturated rings. The van der Waals surface area contributed by atoms with Gasteiger partial charge in [0.2, 0.25) is 5.91 Å². The predicted octanol–water partition coefficient (Wildman–Crippen LogP) is 6.97. The summed E-state index contributed by atoms with van der Waals surface area (Å²) in [4.78, 5) is 41.3. The van der Waals surface area contributed by atoms with Gasteiger partial charge in [-0.25, -0.2) is 9.78 Å². The van der Waals surface area contributed by atoms with E-state index in [4.69, 9.17) is 21.1 Å². The topological polar surface area (TPSA) is 91.0 Å². The zero-order valence-corrected chi connectivity index (χ0v) is 27.6. The highest BCUT2D eigenvalue weighted by Gasteiger charge is 2.34. The monoisotopic (exact) mass is 631 g/mol. The van der Waals surface area contributed by atoms with E-state index >= 15 is 0 Å². The van der Waals surface area contributed by atoms with Crippen LogP contribution >= 0.6 is 11.6 Å². The van der Waals surface area contributed by atoms with Gasteiger partial charge in [-0.3, -0.25) is 4.79 Å². The Morgan fingerprint density at radius 1 is 1.04 bits per heavy atom. The van der Waals surface area contributed by atoms with Gasteiger partial charge in [-0.1, -0.05) is 35.9 Å². The second-order valence-corrected chi connectivity index (χ2v) is 13.1. The fourth-order valence-corrected chi connectivity index (χ4v) is 5.87. The van der Waals surface area contributed by atoms with E-state index in [-0.39, 0.29) is 18.5 Å². The number of carbonyl (C=O) groups is 2. The molecule has 5 rings (SSSR count). The highest BCUT2D eigenvalue weighted by molar-refractivity contribution is 6.30. The molecule has 4 aromatic rings. The Labute approximate surface area is 270 Å². The molecule has 1 aliphatic heterocycles. The van der Waals surface area contributed by atoms with E-state index in [1.807, 2.05) is 88.3 Å². The lowest BCUT2D eigenvalue weighted by atomic mass is 9.95. The second kappa shape index (κ2) is 13.4. The summed E-state index contributed by atoms with van der Waals surface area (Å²) in [6.07, 6.45) is 3.36. The standard InChI is InChI=1S/C35H42ClN5O4/c1-23(2)41(34(43)45-35(3,4)5)22-30(24-10-12-26(36)13-11-24)33(42)40-18-16-39(17-19-40)31-28-14-15-37-32(28)38-21-29(31)25-8-7-9-27(20-25)44-6/h7-15,20-21,23,30H,16-19,22H2,1-6H3,(H,37,38). The molecule has 1 N–H and O–H groups in total. The first-order valence-corrected chi connectivity index (χ1v) is 15.7. The summed E-state index contributed by atoms with van der Waals surface area (Å²) in [6, 6.07) is 17.2. The van der Waals surface area contributed by atoms with Gasteiger partial charge in [0.05, 0.1) is 18.7 Å². The number of aromatic amines is 1. The van der Waals surface area contributed by atoms with Crippen molar-refractivity contribution < 1.29 is 19.1 Å². The number of hydrogen-bond donors (Lipinski definition) is 1. The molecule has 1 saturated heterocycles. The Morgan fingerprint density at radius 3 is 2.40 bits per heavy atom. The highest BCUT2D eigenvalue weighted by Crippen LogP contribution is 2.38. The lowest BCUT2D eigenvalue weighted by Crippen LogP contribution is -2.52. The maximum absolute atomic E-state index is 14.3. The highest BCUT2D eigenvalue weighted by atomic mass is 35.5. The number of benzene rings is 2. The number of nitrogens with one attached hydrogen (secondary N) is 1. The van der Waals surface area contributed by atoms with E-state index < -0.39 is 17.6 Å². The predicted molar refractivity (Wildman–Crippen MR) is 179 cm³/mol. The second-order valence-electron chi connectivity index (χ2n) is 12.6. The molecule has 1 aliphatic rings. The molecule has 2 aromatic carbocycles. The SMILES string of the molecule is COc1cccc(-c2cnc3[nH]ccc3c2N2CCN(C(=O)C(CN(C(=O)OC(C)(C)C)C(C)C)c3ccc(Cl)cc3)CC2)c1. The van der Waals surface area contributed by atoms with Crippen LogP contribution in [0, 0.1) is 0 Å². The molecule has 0 aliphatic carbocycles. The minimum Gasteiger partial charge on any atom is -0.497 e. The molecule has 45 heavy (non-hydrogen) atoms. The molecule has 238 valence electrons. The van der Waals surface area contributed by atoms with E-state index in [9.17, 15) is 9.59 Å². The number of halogens is 1. The van der Waals surface area contributed by atoms with E-state index in [2.05, 4.69) is 20.9 Å². The molecular formula is C35H42ClN5O4. The third-order valence-corrected chi connectivity index (χ3v) is 8.30. The van der Waals surface area contributed by atoms with Crippen LogP contribution in [0.4, 0.5) is 10.5 Å². The van der Waals surface area contributed by atoms with Gasteiger partial charge < -0.3 is 29.2 Å². The van der Waals surface area contributed by atoms with Crippen LogP contribution in [0.5, 0.6) is 5.75 Å². The normalized spacial score (nSPS) is 14.5. The molecule has 1 unspecified atom stereocenters. The lowest BCUT2D eigenvalue weighted by Gasteiger charge is -2.39. The maximum atomic E-state index is 14.3. The Kier molecular flexibility index (Phi) is 9.58. The number of piperazine rings is 1. The molecule has 0 radical (unpaired) electrons. The van der Waals surface area contributed by atoms with Crippen LogP contribution in [-0.4, -0.2) is 83.2 Å². The van der Waals surface area contributed by atoms with Crippen molar-refractivity contribution in [2.75, 3.05) is 44.7 Å². The lowest BCUT2D eigenvalue weighted by molar-refractivity contribution is -0.133. The third-order valence-electron chi connectivity index (χ3n) is 8.05. The van der Waals surface area contributed by atoms with Crippen LogP contribution in [0.2, 0.25) is 5.02 Å². The number of hydrogen-bond acceptors (Lipinski definition) is 6. The molecule has 9 nitrogen and oxygen atoms in total. The Balaban J connectivity index is 1.41. The first-order chi connectivity index (χ1) is 21.4. The number of anilines is 1. The number of carbonyl (C=O) groups excluding carboxylic acids is 2. The summed E-state index contributed by atoms with van der Waals surface area (Å²) in [5, 5.41) is 1.62. The van der Waals surface area contributed by atoms with Crippen molar-refractivity contribution in [3.8, 4) is 16.9 Å². The van der Waals surface area contributed by atoms with Crippen LogP contribution in [0.25, 0.3) is 22.2 Å². The number of methoxy groups -OCH3 is 1. The maximum Gasteiger partial charge on any atom is 0.410 e. The summed E-state index contributed by atoms with van der Waals surface area (Å²) in [7, 11) is 1.66. The molecular weight excluding hydrogens is 590 g/mol. The van der Waals surface area contributed by atoms with Crippen LogP contribution < -0.4 is 9.64 Å². The summed E-state index contributed by atoms with van der Waals surface area (Å²) in [5.74, 6) is 0.173. The van der Waals surface area contributed by atoms with Gasteiger partial charge in [-0.15, -0.1) is 0 Å². The summed E-state index contributed by atoms with van der Waals surface area (Å²) < 4.78 is 11.2. The zero-order valence-electron chi connectivity index (χ0n) is 26.8. The molecule has 3 heterocycles. The van der Waals surface area contributed by atoms with Crippen LogP contribution in [0.3, 0.4) is 0 Å². The van der Waals surface area contributed by atoms with Crippen molar-refractivity contribution in [2.45, 2.75) is 52.2 Å². The summed E-state index contributed by atoms with van der Waals surface area (Å²) in [5.41, 5.74) is 4.06. The van der Waals surface area contributed by atoms with Gasteiger partial charge in [0.15, 0.2) is 0 Å². The number of aromatic nitrogens is 2. The van der Waals surface area contributed by atoms with E-state index in [1.54, 1.807) is 24.1 Å². The molecule has 2 aromatic heterocycles. The van der Waals surface area contributed by atoms with Crippen molar-refractivity contribution in [3.05, 3.63) is 77.6 Å². The Morgan fingerprint density at radius 2 is 1.76 bits per heavy atom. The molecule has 0 spiro atoms. The summed E-state index contributed by atoms with van der Waals surface area (Å²) >= 11 is 6.21. The Bertz CT molecular complexity index is 1640. The summed E-state index contributed by atoms with van der Waals surface area (Å²) in [6.45, 7) is 11.9. The smallest absolute Gasteiger partial charge is 0.410 e. The fourth-order valence-electron chi connectivity index (χ4n) is 5.74. The van der Waals surface area contributed by atoms with Gasteiger partial charge >= 0.3 is 6.09 Å². The van der Waals surface area contributed by atoms with Crippen molar-refractivity contribution in [1.82, 2.24) is 19.8 Å². The van der Waals surface area contributed by atoms with Crippen LogP contribution in [-0.2, 0) is 9.53 Å². The van der Waals surface area contributed by atoms with Crippen molar-refractivity contribution >= 4 is 40.3 Å². The van der Waals surface area contributed by atoms with Crippen molar-refractivity contribution in [3.63, 3.8) is 0 Å². The number of pyridine rings is 1. The molecule has 10 heteroatoms. The van der Waals surface area contributed by atoms with Crippen LogP contribution in [0.1, 0.15) is 46.1 Å². The van der Waals surface area contributed by atoms with Gasteiger partial charge in [0, 0.05) is 67.1 Å². The van der Waals surface area contributed by atoms with E-state index in [0.29, 0.717) is 31.2 Å². The molecule has 2 amide bonds. The fraction of sp³-hybridized carbons (Fsp3) is 0.400. The first kappa shape index (κ1) is 32.2. The van der Waals surface area contributed by atoms with Crippen molar-refractivity contribution in [2.24, 2.45) is 0 Å². The van der Waals surface area contributed by atoms with Gasteiger partial charge in [-0.05, 0) is 76.1 Å². The number of amides is 2.